The molecule has 0 heterocycles. The van der Waals surface area contributed by atoms with Crippen LogP contribution in [0.1, 0.15) is 24.8 Å². The molecule has 0 aliphatic heterocycles. The molecule has 0 amide bonds. The van der Waals surface area contributed by atoms with Crippen molar-refractivity contribution in [3.63, 3.8) is 0 Å². The van der Waals surface area contributed by atoms with Crippen molar-refractivity contribution in [2.45, 2.75) is 30.6 Å². The number of benzene rings is 1. The monoisotopic (exact) mass is 274 g/mol. The van der Waals surface area contributed by atoms with E-state index in [2.05, 4.69) is 0 Å². The van der Waals surface area contributed by atoms with E-state index in [1.165, 1.54) is 25.0 Å². The largest absolute Gasteiger partial charge is 0.294 e. The first-order valence-corrected chi connectivity index (χ1v) is 7.55. The summed E-state index contributed by atoms with van der Waals surface area (Å²) in [6.45, 7) is 0. The van der Waals surface area contributed by atoms with Crippen LogP contribution in [0.15, 0.2) is 29.2 Å². The number of rotatable bonds is 5. The average Bonchev–Trinajstić information content (AvgIpc) is 2.98. The van der Waals surface area contributed by atoms with Crippen molar-refractivity contribution >= 4 is 21.7 Å². The minimum Gasteiger partial charge on any atom is -0.282 e. The molecular weight excluding hydrogens is 260 g/mol. The van der Waals surface area contributed by atoms with E-state index in [1.54, 1.807) is 12.1 Å². The van der Waals surface area contributed by atoms with Gasteiger partial charge in [0.2, 0.25) is 0 Å². The second kappa shape index (κ2) is 4.59. The van der Waals surface area contributed by atoms with Crippen LogP contribution >= 0.6 is 11.6 Å². The maximum atomic E-state index is 10.9. The third-order valence-corrected chi connectivity index (χ3v) is 4.44. The summed E-state index contributed by atoms with van der Waals surface area (Å²) in [5, 5.41) is 0. The number of halogens is 1. The van der Waals surface area contributed by atoms with Crippen LogP contribution in [0.25, 0.3) is 0 Å². The summed E-state index contributed by atoms with van der Waals surface area (Å²) in [5.74, 6) is 0.670. The Hall–Kier alpha value is -0.580. The molecule has 5 heteroatoms. The van der Waals surface area contributed by atoms with Gasteiger partial charge in [-0.3, -0.25) is 4.55 Å². The second-order valence-electron chi connectivity index (χ2n) is 4.73. The molecule has 1 saturated carbocycles. The fourth-order valence-electron chi connectivity index (χ4n) is 2.10. The fourth-order valence-corrected chi connectivity index (χ4v) is 2.99. The number of alkyl halides is 1. The minimum absolute atomic E-state index is 0.0524. The third-order valence-electron chi connectivity index (χ3n) is 3.38. The standard InChI is InChI=1S/C12H15ClO3S/c13-8-7-12(5-6-12)9-10-1-3-11(4-2-10)17(14,15)16/h1-4H,5-9H2,(H,14,15,16). The second-order valence-corrected chi connectivity index (χ2v) is 6.53. The molecule has 0 bridgehead atoms. The summed E-state index contributed by atoms with van der Waals surface area (Å²) >= 11 is 5.76. The molecule has 1 aliphatic rings. The molecule has 1 fully saturated rings. The van der Waals surface area contributed by atoms with Crippen molar-refractivity contribution in [3.8, 4) is 0 Å². The molecule has 0 aromatic heterocycles. The van der Waals surface area contributed by atoms with Gasteiger partial charge in [0.15, 0.2) is 0 Å². The highest BCUT2D eigenvalue weighted by Crippen LogP contribution is 2.51. The van der Waals surface area contributed by atoms with Crippen molar-refractivity contribution < 1.29 is 13.0 Å². The first kappa shape index (κ1) is 12.9. The lowest BCUT2D eigenvalue weighted by atomic mass is 9.94. The van der Waals surface area contributed by atoms with E-state index in [4.69, 9.17) is 16.2 Å². The van der Waals surface area contributed by atoms with E-state index in [9.17, 15) is 8.42 Å². The van der Waals surface area contributed by atoms with Crippen molar-refractivity contribution in [2.24, 2.45) is 5.41 Å². The molecule has 2 rings (SSSR count). The first-order chi connectivity index (χ1) is 7.95. The summed E-state index contributed by atoms with van der Waals surface area (Å²) in [4.78, 5) is -0.0524. The molecule has 17 heavy (non-hydrogen) atoms. The van der Waals surface area contributed by atoms with Crippen LogP contribution in [0, 0.1) is 5.41 Å². The molecule has 1 aliphatic carbocycles. The van der Waals surface area contributed by atoms with Crippen molar-refractivity contribution in [1.29, 1.82) is 0 Å². The SMILES string of the molecule is O=S(=O)(O)c1ccc(CC2(CCCl)CC2)cc1. The van der Waals surface area contributed by atoms with Gasteiger partial charge in [0, 0.05) is 5.88 Å². The van der Waals surface area contributed by atoms with Gasteiger partial charge in [-0.1, -0.05) is 12.1 Å². The Labute approximate surface area is 107 Å². The lowest BCUT2D eigenvalue weighted by Gasteiger charge is -2.13. The van der Waals surface area contributed by atoms with Crippen LogP contribution in [0.2, 0.25) is 0 Å². The van der Waals surface area contributed by atoms with Gasteiger partial charge >= 0.3 is 0 Å². The normalized spacial score (nSPS) is 18.0. The van der Waals surface area contributed by atoms with Gasteiger partial charge in [0.1, 0.15) is 0 Å². The fraction of sp³-hybridized carbons (Fsp3) is 0.500. The van der Waals surface area contributed by atoms with E-state index in [0.717, 1.165) is 18.4 Å². The maximum Gasteiger partial charge on any atom is 0.294 e. The Morgan fingerprint density at radius 2 is 1.82 bits per heavy atom. The van der Waals surface area contributed by atoms with Crippen LogP contribution in [-0.2, 0) is 16.5 Å². The number of hydrogen-bond acceptors (Lipinski definition) is 2. The molecule has 0 atom stereocenters. The van der Waals surface area contributed by atoms with Crippen molar-refractivity contribution in [3.05, 3.63) is 29.8 Å². The molecule has 94 valence electrons. The van der Waals surface area contributed by atoms with Crippen LogP contribution in [0.4, 0.5) is 0 Å². The van der Waals surface area contributed by atoms with E-state index in [1.807, 2.05) is 0 Å². The first-order valence-electron chi connectivity index (χ1n) is 5.58. The Morgan fingerprint density at radius 1 is 1.24 bits per heavy atom. The minimum atomic E-state index is -4.08. The Kier molecular flexibility index (Phi) is 3.48. The van der Waals surface area contributed by atoms with Gasteiger partial charge in [-0.25, -0.2) is 0 Å². The van der Waals surface area contributed by atoms with Gasteiger partial charge in [-0.15, -0.1) is 11.6 Å². The quantitative estimate of drug-likeness (QED) is 0.663. The third kappa shape index (κ3) is 3.21. The predicted octanol–water partition coefficient (Wildman–Crippen LogP) is 2.88. The lowest BCUT2D eigenvalue weighted by molar-refractivity contribution is 0.482. The molecule has 0 radical (unpaired) electrons. The topological polar surface area (TPSA) is 54.4 Å². The summed E-state index contributed by atoms with van der Waals surface area (Å²) in [7, 11) is -4.08. The van der Waals surface area contributed by atoms with Crippen LogP contribution in [0.5, 0.6) is 0 Å². The summed E-state index contributed by atoms with van der Waals surface area (Å²) in [6, 6.07) is 6.41. The van der Waals surface area contributed by atoms with E-state index in [-0.39, 0.29) is 4.90 Å². The van der Waals surface area contributed by atoms with Crippen LogP contribution in [-0.4, -0.2) is 18.9 Å². The summed E-state index contributed by atoms with van der Waals surface area (Å²) in [6.07, 6.45) is 4.33. The van der Waals surface area contributed by atoms with Crippen molar-refractivity contribution in [1.82, 2.24) is 0 Å². The highest BCUT2D eigenvalue weighted by molar-refractivity contribution is 7.85. The summed E-state index contributed by atoms with van der Waals surface area (Å²) in [5.41, 5.74) is 1.43. The van der Waals surface area contributed by atoms with Gasteiger partial charge < -0.3 is 0 Å². The Bertz CT molecular complexity index is 489. The molecule has 3 nitrogen and oxygen atoms in total. The zero-order chi connectivity index (χ0) is 12.5. The molecule has 0 unspecified atom stereocenters. The maximum absolute atomic E-state index is 10.9. The zero-order valence-electron chi connectivity index (χ0n) is 9.39. The van der Waals surface area contributed by atoms with E-state index >= 15 is 0 Å². The van der Waals surface area contributed by atoms with E-state index < -0.39 is 10.1 Å². The molecule has 0 saturated heterocycles. The lowest BCUT2D eigenvalue weighted by Crippen LogP contribution is -2.06. The molecule has 0 spiro atoms. The summed E-state index contributed by atoms with van der Waals surface area (Å²) < 4.78 is 30.6. The highest BCUT2D eigenvalue weighted by atomic mass is 35.5. The zero-order valence-corrected chi connectivity index (χ0v) is 11.0. The smallest absolute Gasteiger partial charge is 0.282 e. The Morgan fingerprint density at radius 3 is 2.24 bits per heavy atom. The van der Waals surface area contributed by atoms with Crippen LogP contribution < -0.4 is 0 Å². The Balaban J connectivity index is 2.09. The molecular formula is C12H15ClO3S. The predicted molar refractivity (Wildman–Crippen MR) is 67.0 cm³/mol. The molecule has 1 aromatic carbocycles. The van der Waals surface area contributed by atoms with Crippen molar-refractivity contribution in [2.75, 3.05) is 5.88 Å². The molecule has 1 aromatic rings. The van der Waals surface area contributed by atoms with Gasteiger partial charge in [-0.2, -0.15) is 8.42 Å². The van der Waals surface area contributed by atoms with Gasteiger partial charge in [-0.05, 0) is 48.8 Å². The van der Waals surface area contributed by atoms with Crippen LogP contribution in [0.3, 0.4) is 0 Å². The van der Waals surface area contributed by atoms with Gasteiger partial charge in [0.05, 0.1) is 4.90 Å². The van der Waals surface area contributed by atoms with Gasteiger partial charge in [0.25, 0.3) is 10.1 Å². The molecule has 1 N–H and O–H groups in total. The van der Waals surface area contributed by atoms with E-state index in [0.29, 0.717) is 11.3 Å². The number of hydrogen-bond donors (Lipinski definition) is 1. The average molecular weight is 275 g/mol. The highest BCUT2D eigenvalue weighted by Gasteiger charge is 2.41.